The topological polar surface area (TPSA) is 62.3 Å². The average molecular weight is 472 g/mol. The van der Waals surface area contributed by atoms with Gasteiger partial charge in [0.25, 0.3) is 11.8 Å². The number of ether oxygens (including phenoxy) is 2. The number of anilines is 2. The Hall–Kier alpha value is -4.00. The Labute approximate surface area is 205 Å². The lowest BCUT2D eigenvalue weighted by Gasteiger charge is -2.36. The van der Waals surface area contributed by atoms with Gasteiger partial charge < -0.3 is 24.2 Å². The maximum absolute atomic E-state index is 13.3. The molecule has 0 N–H and O–H groups in total. The summed E-state index contributed by atoms with van der Waals surface area (Å²) in [4.78, 5) is 31.8. The first-order valence-corrected chi connectivity index (χ1v) is 11.8. The summed E-state index contributed by atoms with van der Waals surface area (Å²) in [5.41, 5.74) is 4.53. The Kier molecular flexibility index (Phi) is 6.31. The Morgan fingerprint density at radius 2 is 1.74 bits per heavy atom. The van der Waals surface area contributed by atoms with Crippen LogP contribution in [0.25, 0.3) is 0 Å². The second-order valence-electron chi connectivity index (χ2n) is 8.92. The molecule has 5 rings (SSSR count). The van der Waals surface area contributed by atoms with Crippen molar-refractivity contribution < 1.29 is 19.1 Å². The van der Waals surface area contributed by atoms with E-state index in [1.54, 1.807) is 12.0 Å². The van der Waals surface area contributed by atoms with Crippen LogP contribution < -0.4 is 19.3 Å². The molecule has 0 unspecified atom stereocenters. The summed E-state index contributed by atoms with van der Waals surface area (Å²) in [6, 6.07) is 21.4. The van der Waals surface area contributed by atoms with Gasteiger partial charge in [-0.15, -0.1) is 0 Å². The quantitative estimate of drug-likeness (QED) is 0.565. The third-order valence-corrected chi connectivity index (χ3v) is 6.58. The molecule has 2 heterocycles. The normalized spacial score (nSPS) is 15.5. The van der Waals surface area contributed by atoms with Crippen molar-refractivity contribution >= 4 is 23.2 Å². The van der Waals surface area contributed by atoms with Crippen molar-refractivity contribution in [2.24, 2.45) is 0 Å². The fourth-order valence-corrected chi connectivity index (χ4v) is 4.61. The molecule has 0 atom stereocenters. The monoisotopic (exact) mass is 471 g/mol. The van der Waals surface area contributed by atoms with Crippen LogP contribution in [0.2, 0.25) is 0 Å². The molecule has 0 bridgehead atoms. The van der Waals surface area contributed by atoms with Crippen molar-refractivity contribution in [2.45, 2.75) is 13.5 Å². The van der Waals surface area contributed by atoms with Crippen LogP contribution in [0.1, 0.15) is 21.5 Å². The zero-order valence-corrected chi connectivity index (χ0v) is 20.1. The number of carbonyl (C=O) groups is 2. The molecule has 2 aliphatic rings. The zero-order valence-electron chi connectivity index (χ0n) is 20.1. The van der Waals surface area contributed by atoms with Gasteiger partial charge in [-0.2, -0.15) is 0 Å². The van der Waals surface area contributed by atoms with Gasteiger partial charge in [0, 0.05) is 37.4 Å². The minimum absolute atomic E-state index is 0.0190. The molecule has 0 spiro atoms. The first kappa shape index (κ1) is 22.8. The average Bonchev–Trinajstić information content (AvgIpc) is 2.90. The number of piperazine rings is 1. The van der Waals surface area contributed by atoms with E-state index in [9.17, 15) is 9.59 Å². The molecule has 0 saturated carbocycles. The maximum Gasteiger partial charge on any atom is 0.265 e. The fraction of sp³-hybridized carbons (Fsp3) is 0.286. The smallest absolute Gasteiger partial charge is 0.265 e. The van der Waals surface area contributed by atoms with Gasteiger partial charge in [0.05, 0.1) is 19.3 Å². The fourth-order valence-electron chi connectivity index (χ4n) is 4.61. The molecule has 180 valence electrons. The van der Waals surface area contributed by atoms with Gasteiger partial charge in [-0.3, -0.25) is 9.59 Å². The van der Waals surface area contributed by atoms with Gasteiger partial charge in [-0.25, -0.2) is 0 Å². The summed E-state index contributed by atoms with van der Waals surface area (Å²) in [5, 5.41) is 0. The van der Waals surface area contributed by atoms with Crippen molar-refractivity contribution in [1.82, 2.24) is 4.90 Å². The lowest BCUT2D eigenvalue weighted by atomic mass is 10.1. The standard InChI is InChI=1S/C28H29N3O4/c1-20-6-11-25-26(16-20)35-19-27(32)31(25)18-21-4-3-5-22(17-21)28(33)30-14-12-29(13-15-30)23-7-9-24(34-2)10-8-23/h3-11,16-17H,12-15,18-19H2,1-2H3. The van der Waals surface area contributed by atoms with Crippen molar-refractivity contribution in [3.8, 4) is 11.5 Å². The minimum Gasteiger partial charge on any atom is -0.497 e. The van der Waals surface area contributed by atoms with Crippen LogP contribution in [0.4, 0.5) is 11.4 Å². The van der Waals surface area contributed by atoms with Crippen LogP contribution in [0.15, 0.2) is 66.7 Å². The first-order chi connectivity index (χ1) is 17.0. The van der Waals surface area contributed by atoms with Gasteiger partial charge in [-0.1, -0.05) is 18.2 Å². The summed E-state index contributed by atoms with van der Waals surface area (Å²) in [6.07, 6.45) is 0. The predicted octanol–water partition coefficient (Wildman–Crippen LogP) is 3.89. The van der Waals surface area contributed by atoms with E-state index in [1.807, 2.05) is 78.6 Å². The van der Waals surface area contributed by atoms with E-state index in [-0.39, 0.29) is 18.4 Å². The largest absolute Gasteiger partial charge is 0.497 e. The van der Waals surface area contributed by atoms with Crippen LogP contribution >= 0.6 is 0 Å². The van der Waals surface area contributed by atoms with E-state index in [2.05, 4.69) is 4.90 Å². The van der Waals surface area contributed by atoms with Crippen molar-refractivity contribution in [1.29, 1.82) is 0 Å². The number of benzene rings is 3. The summed E-state index contributed by atoms with van der Waals surface area (Å²) in [5.74, 6) is 1.48. The second kappa shape index (κ2) is 9.70. The van der Waals surface area contributed by atoms with Gasteiger partial charge in [-0.05, 0) is 66.6 Å². The molecule has 1 fully saturated rings. The molecule has 7 nitrogen and oxygen atoms in total. The number of hydrogen-bond acceptors (Lipinski definition) is 5. The number of fused-ring (bicyclic) bond motifs is 1. The number of rotatable bonds is 5. The molecule has 2 aliphatic heterocycles. The maximum atomic E-state index is 13.3. The Bertz CT molecular complexity index is 1230. The Morgan fingerprint density at radius 1 is 0.971 bits per heavy atom. The number of nitrogens with zero attached hydrogens (tertiary/aromatic N) is 3. The highest BCUT2D eigenvalue weighted by Gasteiger charge is 2.27. The third-order valence-electron chi connectivity index (χ3n) is 6.58. The molecule has 35 heavy (non-hydrogen) atoms. The van der Waals surface area contributed by atoms with Gasteiger partial charge >= 0.3 is 0 Å². The van der Waals surface area contributed by atoms with Gasteiger partial charge in [0.15, 0.2) is 6.61 Å². The molecule has 7 heteroatoms. The number of hydrogen-bond donors (Lipinski definition) is 0. The lowest BCUT2D eigenvalue weighted by Crippen LogP contribution is -2.48. The van der Waals surface area contributed by atoms with E-state index >= 15 is 0 Å². The number of aryl methyl sites for hydroxylation is 1. The van der Waals surface area contributed by atoms with Crippen LogP contribution in [0, 0.1) is 6.92 Å². The summed E-state index contributed by atoms with van der Waals surface area (Å²) < 4.78 is 10.9. The molecule has 0 aliphatic carbocycles. The van der Waals surface area contributed by atoms with Gasteiger partial charge in [0.2, 0.25) is 0 Å². The highest BCUT2D eigenvalue weighted by molar-refractivity contribution is 5.98. The van der Waals surface area contributed by atoms with Crippen LogP contribution in [0.5, 0.6) is 11.5 Å². The zero-order chi connectivity index (χ0) is 24.4. The minimum atomic E-state index is -0.0901. The van der Waals surface area contributed by atoms with Crippen LogP contribution in [-0.2, 0) is 11.3 Å². The van der Waals surface area contributed by atoms with E-state index < -0.39 is 0 Å². The van der Waals surface area contributed by atoms with Crippen molar-refractivity contribution in [3.63, 3.8) is 0 Å². The lowest BCUT2D eigenvalue weighted by molar-refractivity contribution is -0.121. The van der Waals surface area contributed by atoms with Crippen LogP contribution in [-0.4, -0.2) is 56.6 Å². The molecule has 0 radical (unpaired) electrons. The molecule has 2 amide bonds. The number of amides is 2. The molecular weight excluding hydrogens is 442 g/mol. The molecular formula is C28H29N3O4. The van der Waals surface area contributed by atoms with Crippen molar-refractivity contribution in [3.05, 3.63) is 83.4 Å². The molecule has 3 aromatic rings. The van der Waals surface area contributed by atoms with E-state index in [0.29, 0.717) is 30.9 Å². The highest BCUT2D eigenvalue weighted by atomic mass is 16.5. The van der Waals surface area contributed by atoms with Crippen molar-refractivity contribution in [2.75, 3.05) is 49.7 Å². The van der Waals surface area contributed by atoms with Crippen LogP contribution in [0.3, 0.4) is 0 Å². The second-order valence-corrected chi connectivity index (χ2v) is 8.92. The van der Waals surface area contributed by atoms with E-state index in [1.165, 1.54) is 0 Å². The first-order valence-electron chi connectivity index (χ1n) is 11.8. The summed E-state index contributed by atoms with van der Waals surface area (Å²) >= 11 is 0. The van der Waals surface area contributed by atoms with Gasteiger partial charge in [0.1, 0.15) is 11.5 Å². The SMILES string of the molecule is COc1ccc(N2CCN(C(=O)c3cccc(CN4C(=O)COc5cc(C)ccc54)c3)CC2)cc1. The number of methoxy groups -OCH3 is 1. The highest BCUT2D eigenvalue weighted by Crippen LogP contribution is 2.34. The predicted molar refractivity (Wildman–Crippen MR) is 135 cm³/mol. The summed E-state index contributed by atoms with van der Waals surface area (Å²) in [6.45, 7) is 5.27. The number of carbonyl (C=O) groups excluding carboxylic acids is 2. The molecule has 1 saturated heterocycles. The van der Waals surface area contributed by atoms with E-state index in [0.717, 1.165) is 41.3 Å². The Balaban J connectivity index is 1.25. The summed E-state index contributed by atoms with van der Waals surface area (Å²) in [7, 11) is 1.66. The Morgan fingerprint density at radius 3 is 2.49 bits per heavy atom. The molecule has 3 aromatic carbocycles. The third kappa shape index (κ3) is 4.80. The van der Waals surface area contributed by atoms with E-state index in [4.69, 9.17) is 9.47 Å². The molecule has 0 aromatic heterocycles.